The number of urea groups is 1. The fourth-order valence-electron chi connectivity index (χ4n) is 0.934. The van der Waals surface area contributed by atoms with E-state index in [2.05, 4.69) is 17.2 Å². The quantitative estimate of drug-likeness (QED) is 0.551. The van der Waals surface area contributed by atoms with Crippen molar-refractivity contribution in [2.24, 2.45) is 0 Å². The molecule has 3 N–H and O–H groups in total. The van der Waals surface area contributed by atoms with E-state index in [1.54, 1.807) is 6.92 Å². The first kappa shape index (κ1) is 14.4. The molecule has 0 aliphatic carbocycles. The zero-order valence-electron chi connectivity index (χ0n) is 9.58. The van der Waals surface area contributed by atoms with E-state index in [-0.39, 0.29) is 13.0 Å². The van der Waals surface area contributed by atoms with Crippen molar-refractivity contribution in [2.75, 3.05) is 20.3 Å². The van der Waals surface area contributed by atoms with Gasteiger partial charge in [-0.2, -0.15) is 0 Å². The molecule has 0 saturated heterocycles. The van der Waals surface area contributed by atoms with E-state index in [1.165, 1.54) is 7.11 Å². The molecule has 0 fully saturated rings. The van der Waals surface area contributed by atoms with Crippen LogP contribution in [0.2, 0.25) is 0 Å². The van der Waals surface area contributed by atoms with E-state index in [1.807, 2.05) is 0 Å². The van der Waals surface area contributed by atoms with Crippen molar-refractivity contribution in [3.05, 3.63) is 12.2 Å². The molecule has 92 valence electrons. The third-order valence-corrected chi connectivity index (χ3v) is 1.76. The molecule has 0 radical (unpaired) electrons. The van der Waals surface area contributed by atoms with Gasteiger partial charge in [0, 0.05) is 26.7 Å². The average Bonchev–Trinajstić information content (AvgIpc) is 2.20. The predicted octanol–water partition coefficient (Wildman–Crippen LogP) is 0.351. The zero-order valence-corrected chi connectivity index (χ0v) is 9.58. The van der Waals surface area contributed by atoms with Gasteiger partial charge in [-0.3, -0.25) is 0 Å². The SMILES string of the molecule is C=C(C)CNC(=O)NC(CCOC)C(=O)O. The highest BCUT2D eigenvalue weighted by molar-refractivity contribution is 5.82. The molecule has 1 atom stereocenters. The molecule has 0 aliphatic rings. The topological polar surface area (TPSA) is 87.7 Å². The number of hydrogen-bond acceptors (Lipinski definition) is 3. The molecule has 0 aromatic heterocycles. The Kier molecular flexibility index (Phi) is 6.95. The Balaban J connectivity index is 4.02. The summed E-state index contributed by atoms with van der Waals surface area (Å²) < 4.78 is 4.75. The molecule has 0 aromatic rings. The average molecular weight is 230 g/mol. The number of hydrogen-bond donors (Lipinski definition) is 3. The van der Waals surface area contributed by atoms with Crippen molar-refractivity contribution in [1.29, 1.82) is 0 Å². The third-order valence-electron chi connectivity index (χ3n) is 1.76. The molecule has 0 saturated carbocycles. The smallest absolute Gasteiger partial charge is 0.326 e. The van der Waals surface area contributed by atoms with Crippen molar-refractivity contribution in [3.8, 4) is 0 Å². The fourth-order valence-corrected chi connectivity index (χ4v) is 0.934. The molecule has 0 aromatic carbocycles. The van der Waals surface area contributed by atoms with Crippen molar-refractivity contribution in [3.63, 3.8) is 0 Å². The van der Waals surface area contributed by atoms with Gasteiger partial charge in [0.15, 0.2) is 0 Å². The maximum atomic E-state index is 11.3. The van der Waals surface area contributed by atoms with Gasteiger partial charge in [-0.05, 0) is 6.92 Å². The summed E-state index contributed by atoms with van der Waals surface area (Å²) in [7, 11) is 1.47. The maximum absolute atomic E-state index is 11.3. The lowest BCUT2D eigenvalue weighted by atomic mass is 10.2. The van der Waals surface area contributed by atoms with E-state index in [9.17, 15) is 9.59 Å². The van der Waals surface area contributed by atoms with Gasteiger partial charge in [-0.1, -0.05) is 12.2 Å². The van der Waals surface area contributed by atoms with Gasteiger partial charge in [0.05, 0.1) is 0 Å². The number of carbonyl (C=O) groups is 2. The number of carboxylic acid groups (broad SMARTS) is 1. The molecule has 6 nitrogen and oxygen atoms in total. The van der Waals surface area contributed by atoms with Crippen molar-refractivity contribution < 1.29 is 19.4 Å². The van der Waals surface area contributed by atoms with E-state index in [0.717, 1.165) is 5.57 Å². The normalized spacial score (nSPS) is 11.6. The standard InChI is InChI=1S/C10H18N2O4/c1-7(2)6-11-10(15)12-8(9(13)14)4-5-16-3/h8H,1,4-6H2,2-3H3,(H,13,14)(H2,11,12,15). The van der Waals surface area contributed by atoms with Crippen LogP contribution in [0, 0.1) is 0 Å². The summed E-state index contributed by atoms with van der Waals surface area (Å²) in [5.41, 5.74) is 0.791. The van der Waals surface area contributed by atoms with Crippen LogP contribution in [-0.2, 0) is 9.53 Å². The Bertz CT molecular complexity index is 266. The second kappa shape index (κ2) is 7.70. The highest BCUT2D eigenvalue weighted by atomic mass is 16.5. The summed E-state index contributed by atoms with van der Waals surface area (Å²) in [4.78, 5) is 22.0. The van der Waals surface area contributed by atoms with Gasteiger partial charge in [0.1, 0.15) is 6.04 Å². The Hall–Kier alpha value is -1.56. The lowest BCUT2D eigenvalue weighted by Gasteiger charge is -2.14. The molecular formula is C10H18N2O4. The summed E-state index contributed by atoms with van der Waals surface area (Å²) in [5.74, 6) is -1.08. The van der Waals surface area contributed by atoms with Gasteiger partial charge in [0.2, 0.25) is 0 Å². The van der Waals surface area contributed by atoms with E-state index < -0.39 is 18.0 Å². The second-order valence-corrected chi connectivity index (χ2v) is 3.46. The minimum atomic E-state index is -1.08. The summed E-state index contributed by atoms with van der Waals surface area (Å²) in [6.07, 6.45) is 0.228. The van der Waals surface area contributed by atoms with Crippen LogP contribution in [0.1, 0.15) is 13.3 Å². The van der Waals surface area contributed by atoms with Gasteiger partial charge < -0.3 is 20.5 Å². The lowest BCUT2D eigenvalue weighted by Crippen LogP contribution is -2.46. The summed E-state index contributed by atoms with van der Waals surface area (Å²) in [5, 5.41) is 13.6. The van der Waals surface area contributed by atoms with Crippen LogP contribution in [0.5, 0.6) is 0 Å². The van der Waals surface area contributed by atoms with Crippen LogP contribution in [0.4, 0.5) is 4.79 Å². The van der Waals surface area contributed by atoms with Gasteiger partial charge in [-0.25, -0.2) is 9.59 Å². The highest BCUT2D eigenvalue weighted by Crippen LogP contribution is 1.93. The number of carboxylic acids is 1. The lowest BCUT2D eigenvalue weighted by molar-refractivity contribution is -0.139. The first-order valence-electron chi connectivity index (χ1n) is 4.88. The number of ether oxygens (including phenoxy) is 1. The minimum Gasteiger partial charge on any atom is -0.480 e. The van der Waals surface area contributed by atoms with Crippen LogP contribution in [0.3, 0.4) is 0 Å². The predicted molar refractivity (Wildman–Crippen MR) is 59.3 cm³/mol. The number of amides is 2. The highest BCUT2D eigenvalue weighted by Gasteiger charge is 2.18. The van der Waals surface area contributed by atoms with E-state index in [4.69, 9.17) is 9.84 Å². The molecule has 0 aliphatic heterocycles. The first-order chi connectivity index (χ1) is 7.47. The van der Waals surface area contributed by atoms with E-state index in [0.29, 0.717) is 6.54 Å². The monoisotopic (exact) mass is 230 g/mol. The summed E-state index contributed by atoms with van der Waals surface area (Å²) in [6, 6.07) is -1.46. The molecule has 0 bridgehead atoms. The van der Waals surface area contributed by atoms with Crippen molar-refractivity contribution in [1.82, 2.24) is 10.6 Å². The second-order valence-electron chi connectivity index (χ2n) is 3.46. The summed E-state index contributed by atoms with van der Waals surface area (Å²) in [6.45, 7) is 5.97. The Morgan fingerprint density at radius 2 is 2.12 bits per heavy atom. The molecule has 0 heterocycles. The number of aliphatic carboxylic acids is 1. The number of carbonyl (C=O) groups excluding carboxylic acids is 1. The van der Waals surface area contributed by atoms with E-state index >= 15 is 0 Å². The zero-order chi connectivity index (χ0) is 12.6. The Labute approximate surface area is 94.7 Å². The largest absolute Gasteiger partial charge is 0.480 e. The Morgan fingerprint density at radius 3 is 2.56 bits per heavy atom. The number of nitrogens with one attached hydrogen (secondary N) is 2. The molecule has 1 unspecified atom stereocenters. The van der Waals surface area contributed by atoms with Gasteiger partial charge in [0.25, 0.3) is 0 Å². The van der Waals surface area contributed by atoms with Crippen LogP contribution in [0.15, 0.2) is 12.2 Å². The van der Waals surface area contributed by atoms with Crippen molar-refractivity contribution >= 4 is 12.0 Å². The van der Waals surface area contributed by atoms with Gasteiger partial charge in [-0.15, -0.1) is 0 Å². The molecule has 2 amide bonds. The van der Waals surface area contributed by atoms with Crippen LogP contribution >= 0.6 is 0 Å². The molecule has 16 heavy (non-hydrogen) atoms. The van der Waals surface area contributed by atoms with Crippen LogP contribution in [0.25, 0.3) is 0 Å². The van der Waals surface area contributed by atoms with Gasteiger partial charge >= 0.3 is 12.0 Å². The molecular weight excluding hydrogens is 212 g/mol. The molecule has 0 spiro atoms. The molecule has 6 heteroatoms. The maximum Gasteiger partial charge on any atom is 0.326 e. The third kappa shape index (κ3) is 6.83. The van der Waals surface area contributed by atoms with Crippen LogP contribution in [-0.4, -0.2) is 43.4 Å². The Morgan fingerprint density at radius 1 is 1.50 bits per heavy atom. The fraction of sp³-hybridized carbons (Fsp3) is 0.600. The first-order valence-corrected chi connectivity index (χ1v) is 4.88. The molecule has 0 rings (SSSR count). The minimum absolute atomic E-state index is 0.228. The number of rotatable bonds is 7. The van der Waals surface area contributed by atoms with Crippen LogP contribution < -0.4 is 10.6 Å². The van der Waals surface area contributed by atoms with Crippen molar-refractivity contribution in [2.45, 2.75) is 19.4 Å². The number of methoxy groups -OCH3 is 1. The summed E-state index contributed by atoms with van der Waals surface area (Å²) >= 11 is 0.